The lowest BCUT2D eigenvalue weighted by Gasteiger charge is -2.11. The molecule has 6 nitrogen and oxygen atoms in total. The number of aromatic hydroxyl groups is 2. The number of aryl methyl sites for hydroxylation is 1. The molecular weight excluding hydrogens is 220 g/mol. The highest BCUT2D eigenvalue weighted by molar-refractivity contribution is 5.40. The van der Waals surface area contributed by atoms with Crippen molar-refractivity contribution in [3.05, 3.63) is 35.9 Å². The average Bonchev–Trinajstić information content (AvgIpc) is 2.70. The molecule has 4 N–H and O–H groups in total. The van der Waals surface area contributed by atoms with Gasteiger partial charge in [0.2, 0.25) is 0 Å². The molecule has 0 spiro atoms. The number of benzene rings is 1. The molecule has 2 rings (SSSR count). The van der Waals surface area contributed by atoms with E-state index in [-0.39, 0.29) is 17.5 Å². The number of nitrogens with two attached hydrogens (primary N) is 1. The van der Waals surface area contributed by atoms with Gasteiger partial charge < -0.3 is 15.9 Å². The third-order valence-electron chi connectivity index (χ3n) is 2.57. The Kier molecular flexibility index (Phi) is 2.97. The molecule has 1 unspecified atom stereocenters. The molecule has 90 valence electrons. The monoisotopic (exact) mass is 234 g/mol. The molecule has 2 aromatic rings. The van der Waals surface area contributed by atoms with Crippen molar-refractivity contribution in [2.45, 2.75) is 12.5 Å². The highest BCUT2D eigenvalue weighted by Gasteiger charge is 2.13. The van der Waals surface area contributed by atoms with Crippen LogP contribution in [0.3, 0.4) is 0 Å². The number of phenolic OH excluding ortho intramolecular Hbond substituents is 2. The first-order valence-electron chi connectivity index (χ1n) is 5.18. The summed E-state index contributed by atoms with van der Waals surface area (Å²) in [5, 5.41) is 22.5. The molecule has 0 aliphatic rings. The van der Waals surface area contributed by atoms with Crippen LogP contribution in [-0.2, 0) is 13.5 Å². The molecule has 0 fully saturated rings. The second-order valence-electron chi connectivity index (χ2n) is 3.88. The fraction of sp³-hybridized carbons (Fsp3) is 0.273. The zero-order valence-electron chi connectivity index (χ0n) is 9.41. The molecule has 0 aliphatic carbocycles. The fourth-order valence-corrected chi connectivity index (χ4v) is 1.68. The van der Waals surface area contributed by atoms with Crippen LogP contribution in [0.5, 0.6) is 11.5 Å². The van der Waals surface area contributed by atoms with Crippen LogP contribution in [0.1, 0.15) is 17.4 Å². The van der Waals surface area contributed by atoms with Crippen LogP contribution in [0, 0.1) is 0 Å². The average molecular weight is 234 g/mol. The van der Waals surface area contributed by atoms with Gasteiger partial charge in [0.25, 0.3) is 0 Å². The first-order chi connectivity index (χ1) is 8.08. The Morgan fingerprint density at radius 3 is 2.71 bits per heavy atom. The molecule has 1 aromatic carbocycles. The van der Waals surface area contributed by atoms with E-state index in [1.807, 2.05) is 0 Å². The lowest BCUT2D eigenvalue weighted by Crippen LogP contribution is -2.18. The minimum absolute atomic E-state index is 0.138. The van der Waals surface area contributed by atoms with Gasteiger partial charge in [0.1, 0.15) is 12.2 Å². The standard InChI is InChI=1S/C11H14N4O2/c1-15-11(13-6-14-15)8(12)4-7-2-3-9(16)10(17)5-7/h2-3,5-6,8,16-17H,4,12H2,1H3. The third-order valence-corrected chi connectivity index (χ3v) is 2.57. The van der Waals surface area contributed by atoms with Crippen LogP contribution < -0.4 is 5.73 Å². The molecule has 17 heavy (non-hydrogen) atoms. The molecule has 0 saturated heterocycles. The second kappa shape index (κ2) is 4.42. The van der Waals surface area contributed by atoms with Gasteiger partial charge in [-0.3, -0.25) is 4.68 Å². The molecule has 1 atom stereocenters. The predicted molar refractivity (Wildman–Crippen MR) is 61.4 cm³/mol. The van der Waals surface area contributed by atoms with Gasteiger partial charge in [-0.2, -0.15) is 5.10 Å². The number of hydrogen-bond donors (Lipinski definition) is 3. The van der Waals surface area contributed by atoms with Crippen molar-refractivity contribution < 1.29 is 10.2 Å². The summed E-state index contributed by atoms with van der Waals surface area (Å²) >= 11 is 0. The van der Waals surface area contributed by atoms with E-state index in [2.05, 4.69) is 10.1 Å². The summed E-state index contributed by atoms with van der Waals surface area (Å²) in [5.74, 6) is 0.395. The van der Waals surface area contributed by atoms with E-state index < -0.39 is 0 Å². The van der Waals surface area contributed by atoms with Crippen molar-refractivity contribution in [2.75, 3.05) is 0 Å². The number of hydrogen-bond acceptors (Lipinski definition) is 5. The largest absolute Gasteiger partial charge is 0.504 e. The van der Waals surface area contributed by atoms with Crippen LogP contribution >= 0.6 is 0 Å². The summed E-state index contributed by atoms with van der Waals surface area (Å²) < 4.78 is 1.62. The fourth-order valence-electron chi connectivity index (χ4n) is 1.68. The van der Waals surface area contributed by atoms with E-state index >= 15 is 0 Å². The topological polar surface area (TPSA) is 97.2 Å². The molecule has 1 heterocycles. The zero-order chi connectivity index (χ0) is 12.4. The van der Waals surface area contributed by atoms with E-state index in [0.717, 1.165) is 5.56 Å². The number of rotatable bonds is 3. The van der Waals surface area contributed by atoms with Crippen LogP contribution in [0.15, 0.2) is 24.5 Å². The third kappa shape index (κ3) is 2.36. The van der Waals surface area contributed by atoms with Crippen molar-refractivity contribution in [2.24, 2.45) is 12.8 Å². The quantitative estimate of drug-likeness (QED) is 0.671. The first-order valence-corrected chi connectivity index (χ1v) is 5.18. The van der Waals surface area contributed by atoms with Gasteiger partial charge in [-0.1, -0.05) is 6.07 Å². The van der Waals surface area contributed by atoms with E-state index in [1.54, 1.807) is 17.8 Å². The van der Waals surface area contributed by atoms with E-state index in [9.17, 15) is 10.2 Å². The Morgan fingerprint density at radius 1 is 1.35 bits per heavy atom. The van der Waals surface area contributed by atoms with Gasteiger partial charge in [-0.05, 0) is 24.1 Å². The molecule has 0 saturated carbocycles. The lowest BCUT2D eigenvalue weighted by atomic mass is 10.1. The molecule has 0 radical (unpaired) electrons. The van der Waals surface area contributed by atoms with Gasteiger partial charge in [-0.25, -0.2) is 4.98 Å². The maximum atomic E-state index is 9.37. The van der Waals surface area contributed by atoms with Crippen molar-refractivity contribution in [3.8, 4) is 11.5 Å². The molecule has 0 amide bonds. The first kappa shape index (κ1) is 11.4. The van der Waals surface area contributed by atoms with E-state index in [1.165, 1.54) is 18.5 Å². The van der Waals surface area contributed by atoms with Crippen LogP contribution in [0.2, 0.25) is 0 Å². The van der Waals surface area contributed by atoms with Gasteiger partial charge >= 0.3 is 0 Å². The number of nitrogens with zero attached hydrogens (tertiary/aromatic N) is 3. The second-order valence-corrected chi connectivity index (χ2v) is 3.88. The lowest BCUT2D eigenvalue weighted by molar-refractivity contribution is 0.403. The van der Waals surface area contributed by atoms with E-state index in [0.29, 0.717) is 12.2 Å². The Labute approximate surface area is 98.3 Å². The van der Waals surface area contributed by atoms with Gasteiger partial charge in [0.15, 0.2) is 11.5 Å². The van der Waals surface area contributed by atoms with Crippen molar-refractivity contribution in [1.29, 1.82) is 0 Å². The predicted octanol–water partition coefficient (Wildman–Crippen LogP) is 0.469. The van der Waals surface area contributed by atoms with Crippen LogP contribution in [0.4, 0.5) is 0 Å². The van der Waals surface area contributed by atoms with Crippen molar-refractivity contribution >= 4 is 0 Å². The number of phenols is 2. The molecule has 6 heteroatoms. The Bertz CT molecular complexity index is 524. The summed E-state index contributed by atoms with van der Waals surface area (Å²) in [5.41, 5.74) is 6.82. The summed E-state index contributed by atoms with van der Waals surface area (Å²) in [7, 11) is 1.77. The SMILES string of the molecule is Cn1ncnc1C(N)Cc1ccc(O)c(O)c1. The van der Waals surface area contributed by atoms with Gasteiger partial charge in [0, 0.05) is 7.05 Å². The zero-order valence-corrected chi connectivity index (χ0v) is 9.41. The van der Waals surface area contributed by atoms with Crippen LogP contribution in [-0.4, -0.2) is 25.0 Å². The molecule has 1 aromatic heterocycles. The summed E-state index contributed by atoms with van der Waals surface area (Å²) in [6.45, 7) is 0. The van der Waals surface area contributed by atoms with E-state index in [4.69, 9.17) is 5.73 Å². The smallest absolute Gasteiger partial charge is 0.157 e. The minimum Gasteiger partial charge on any atom is -0.504 e. The Hall–Kier alpha value is -2.08. The van der Waals surface area contributed by atoms with Crippen LogP contribution in [0.25, 0.3) is 0 Å². The molecule has 0 bridgehead atoms. The highest BCUT2D eigenvalue weighted by atomic mass is 16.3. The summed E-state index contributed by atoms with van der Waals surface area (Å²) in [4.78, 5) is 4.07. The van der Waals surface area contributed by atoms with Crippen molar-refractivity contribution in [3.63, 3.8) is 0 Å². The Morgan fingerprint density at radius 2 is 2.12 bits per heavy atom. The molecular formula is C11H14N4O2. The van der Waals surface area contributed by atoms with Gasteiger partial charge in [0.05, 0.1) is 6.04 Å². The minimum atomic E-state index is -0.300. The summed E-state index contributed by atoms with van der Waals surface area (Å²) in [6, 6.07) is 4.34. The Balaban J connectivity index is 2.16. The van der Waals surface area contributed by atoms with Crippen molar-refractivity contribution in [1.82, 2.24) is 14.8 Å². The maximum absolute atomic E-state index is 9.37. The molecule has 0 aliphatic heterocycles. The highest BCUT2D eigenvalue weighted by Crippen LogP contribution is 2.26. The normalized spacial score (nSPS) is 12.6. The number of aromatic nitrogens is 3. The maximum Gasteiger partial charge on any atom is 0.157 e. The summed E-state index contributed by atoms with van der Waals surface area (Å²) in [6.07, 6.45) is 1.96. The van der Waals surface area contributed by atoms with Gasteiger partial charge in [-0.15, -0.1) is 0 Å².